The van der Waals surface area contributed by atoms with Gasteiger partial charge in [0.05, 0.1) is 25.9 Å². The highest BCUT2D eigenvalue weighted by Gasteiger charge is 2.26. The van der Waals surface area contributed by atoms with Gasteiger partial charge in [0.25, 0.3) is 5.56 Å². The maximum atomic E-state index is 12.7. The maximum Gasteiger partial charge on any atom is 0.329 e. The van der Waals surface area contributed by atoms with Crippen molar-refractivity contribution in [2.75, 3.05) is 44.3 Å². The number of imidazole rings is 1. The molecule has 0 radical (unpaired) electrons. The molecule has 1 aliphatic heterocycles. The van der Waals surface area contributed by atoms with E-state index in [1.165, 1.54) is 10.1 Å². The van der Waals surface area contributed by atoms with Crippen LogP contribution >= 0.6 is 0 Å². The number of aliphatic hydroxyl groups is 1. The van der Waals surface area contributed by atoms with Crippen LogP contribution in [0, 0.1) is 0 Å². The number of nitrogens with one attached hydrogen (secondary N) is 1. The van der Waals surface area contributed by atoms with Crippen molar-refractivity contribution in [1.29, 1.82) is 0 Å². The summed E-state index contributed by atoms with van der Waals surface area (Å²) in [7, 11) is 1.57. The summed E-state index contributed by atoms with van der Waals surface area (Å²) in [5.41, 5.74) is 0.786. The van der Waals surface area contributed by atoms with Crippen LogP contribution in [0.3, 0.4) is 0 Å². The molecule has 33 heavy (non-hydrogen) atoms. The number of hydrogen-bond acceptors (Lipinski definition) is 7. The largest absolute Gasteiger partial charge is 0.389 e. The van der Waals surface area contributed by atoms with Crippen molar-refractivity contribution in [2.45, 2.75) is 19.2 Å². The number of H-pyrrole nitrogens is 1. The SMILES string of the molecule is C=CCOC[C@H](O)Cn1c(N2CCN(Cc3ccccc3)CC2)nc2c1c(=O)[nH]c(=O)n2C. The van der Waals surface area contributed by atoms with Gasteiger partial charge in [-0.1, -0.05) is 36.4 Å². The van der Waals surface area contributed by atoms with Gasteiger partial charge in [-0.15, -0.1) is 6.58 Å². The van der Waals surface area contributed by atoms with Crippen LogP contribution in [-0.2, 0) is 24.9 Å². The molecule has 0 spiro atoms. The van der Waals surface area contributed by atoms with Gasteiger partial charge in [-0.25, -0.2) is 4.79 Å². The predicted molar refractivity (Wildman–Crippen MR) is 127 cm³/mol. The van der Waals surface area contributed by atoms with Crippen molar-refractivity contribution in [2.24, 2.45) is 7.05 Å². The average molecular weight is 455 g/mol. The molecule has 0 saturated carbocycles. The highest BCUT2D eigenvalue weighted by molar-refractivity contribution is 5.74. The van der Waals surface area contributed by atoms with Crippen molar-refractivity contribution < 1.29 is 9.84 Å². The van der Waals surface area contributed by atoms with E-state index in [4.69, 9.17) is 4.74 Å². The number of piperazine rings is 1. The summed E-state index contributed by atoms with van der Waals surface area (Å²) in [6.07, 6.45) is 0.761. The lowest BCUT2D eigenvalue weighted by molar-refractivity contribution is 0.0404. The Hall–Kier alpha value is -3.21. The van der Waals surface area contributed by atoms with Crippen molar-refractivity contribution in [3.05, 3.63) is 69.4 Å². The van der Waals surface area contributed by atoms with Gasteiger partial charge in [-0.3, -0.25) is 19.2 Å². The molecule has 0 unspecified atom stereocenters. The third-order valence-electron chi connectivity index (χ3n) is 5.83. The van der Waals surface area contributed by atoms with Gasteiger partial charge in [0.2, 0.25) is 5.95 Å². The van der Waals surface area contributed by atoms with Crippen molar-refractivity contribution in [3.63, 3.8) is 0 Å². The summed E-state index contributed by atoms with van der Waals surface area (Å²) in [5, 5.41) is 10.5. The van der Waals surface area contributed by atoms with Crippen LogP contribution in [0.1, 0.15) is 5.56 Å². The number of nitrogens with zero attached hydrogens (tertiary/aromatic N) is 5. The Bertz CT molecular complexity index is 1210. The molecular weight excluding hydrogens is 424 g/mol. The summed E-state index contributed by atoms with van der Waals surface area (Å²) in [6.45, 7) is 8.11. The first kappa shape index (κ1) is 23.0. The van der Waals surface area contributed by atoms with Gasteiger partial charge >= 0.3 is 5.69 Å². The van der Waals surface area contributed by atoms with E-state index in [-0.39, 0.29) is 18.7 Å². The van der Waals surface area contributed by atoms with Crippen molar-refractivity contribution >= 4 is 17.1 Å². The third kappa shape index (κ3) is 5.08. The summed E-state index contributed by atoms with van der Waals surface area (Å²) < 4.78 is 8.39. The zero-order chi connectivity index (χ0) is 23.4. The molecule has 1 saturated heterocycles. The number of benzene rings is 1. The van der Waals surface area contributed by atoms with E-state index < -0.39 is 17.4 Å². The molecule has 1 aliphatic rings. The first-order valence-corrected chi connectivity index (χ1v) is 11.1. The predicted octanol–water partition coefficient (Wildman–Crippen LogP) is 0.309. The number of aromatic nitrogens is 4. The minimum atomic E-state index is -0.850. The first-order valence-electron chi connectivity index (χ1n) is 11.1. The topological polar surface area (TPSA) is 109 Å². The number of aromatic amines is 1. The molecule has 4 rings (SSSR count). The second-order valence-corrected chi connectivity index (χ2v) is 8.24. The molecular formula is C23H30N6O4. The fourth-order valence-electron chi connectivity index (χ4n) is 4.14. The van der Waals surface area contributed by atoms with E-state index in [2.05, 4.69) is 38.5 Å². The molecule has 1 fully saturated rings. The fourth-order valence-corrected chi connectivity index (χ4v) is 4.14. The summed E-state index contributed by atoms with van der Waals surface area (Å²) in [5.74, 6) is 0.568. The average Bonchev–Trinajstić information content (AvgIpc) is 3.18. The van der Waals surface area contributed by atoms with E-state index in [1.54, 1.807) is 17.7 Å². The highest BCUT2D eigenvalue weighted by Crippen LogP contribution is 2.22. The van der Waals surface area contributed by atoms with Gasteiger partial charge in [0.1, 0.15) is 0 Å². The third-order valence-corrected chi connectivity index (χ3v) is 5.83. The van der Waals surface area contributed by atoms with Crippen molar-refractivity contribution in [1.82, 2.24) is 24.0 Å². The van der Waals surface area contributed by atoms with E-state index in [0.29, 0.717) is 31.3 Å². The lowest BCUT2D eigenvalue weighted by Crippen LogP contribution is -2.47. The summed E-state index contributed by atoms with van der Waals surface area (Å²) >= 11 is 0. The quantitative estimate of drug-likeness (QED) is 0.354. The molecule has 0 bridgehead atoms. The van der Waals surface area contributed by atoms with Crippen LogP contribution in [0.2, 0.25) is 0 Å². The number of anilines is 1. The zero-order valence-electron chi connectivity index (χ0n) is 18.8. The number of aliphatic hydroxyl groups excluding tert-OH is 1. The number of aryl methyl sites for hydroxylation is 1. The minimum Gasteiger partial charge on any atom is -0.389 e. The van der Waals surface area contributed by atoms with Crippen LogP contribution in [0.25, 0.3) is 11.2 Å². The van der Waals surface area contributed by atoms with Gasteiger partial charge < -0.3 is 19.3 Å². The molecule has 10 nitrogen and oxygen atoms in total. The van der Waals surface area contributed by atoms with E-state index >= 15 is 0 Å². The Morgan fingerprint density at radius 3 is 2.64 bits per heavy atom. The molecule has 3 aromatic rings. The normalized spacial score (nSPS) is 15.8. The van der Waals surface area contributed by atoms with E-state index in [1.807, 2.05) is 18.2 Å². The first-order chi connectivity index (χ1) is 16.0. The van der Waals surface area contributed by atoms with E-state index in [0.717, 1.165) is 19.6 Å². The fraction of sp³-hybridized carbons (Fsp3) is 0.435. The summed E-state index contributed by atoms with van der Waals surface area (Å²) in [4.78, 5) is 36.3. The minimum absolute atomic E-state index is 0.0969. The van der Waals surface area contributed by atoms with Gasteiger partial charge in [-0.05, 0) is 5.56 Å². The second-order valence-electron chi connectivity index (χ2n) is 8.24. The standard InChI is InChI=1S/C23H30N6O4/c1-3-13-33-16-18(30)15-29-19-20(26(2)23(32)25-21(19)31)24-22(29)28-11-9-27(10-12-28)14-17-7-5-4-6-8-17/h3-8,18,30H,1,9-16H2,2H3,(H,25,31,32)/t18-/m1/s1. The molecule has 10 heteroatoms. The number of hydrogen-bond donors (Lipinski definition) is 2. The Morgan fingerprint density at radius 2 is 1.94 bits per heavy atom. The van der Waals surface area contributed by atoms with Crippen LogP contribution in [0.5, 0.6) is 0 Å². The van der Waals surface area contributed by atoms with Crippen LogP contribution in [0.4, 0.5) is 5.95 Å². The molecule has 2 aromatic heterocycles. The number of rotatable bonds is 9. The van der Waals surface area contributed by atoms with Gasteiger partial charge in [0, 0.05) is 39.8 Å². The number of fused-ring (bicyclic) bond motifs is 1. The monoisotopic (exact) mass is 454 g/mol. The lowest BCUT2D eigenvalue weighted by Gasteiger charge is -2.35. The Morgan fingerprint density at radius 1 is 1.21 bits per heavy atom. The smallest absolute Gasteiger partial charge is 0.329 e. The Balaban J connectivity index is 1.59. The molecule has 0 aliphatic carbocycles. The van der Waals surface area contributed by atoms with Crippen LogP contribution in [0.15, 0.2) is 52.6 Å². The maximum absolute atomic E-state index is 12.7. The molecule has 176 valence electrons. The lowest BCUT2D eigenvalue weighted by atomic mass is 10.2. The molecule has 2 N–H and O–H groups in total. The highest BCUT2D eigenvalue weighted by atomic mass is 16.5. The van der Waals surface area contributed by atoms with Crippen LogP contribution < -0.4 is 16.1 Å². The number of ether oxygens (including phenoxy) is 1. The molecule has 1 aromatic carbocycles. The molecule has 1 atom stereocenters. The summed E-state index contributed by atoms with van der Waals surface area (Å²) in [6, 6.07) is 10.3. The molecule has 3 heterocycles. The Labute approximate surface area is 191 Å². The van der Waals surface area contributed by atoms with Gasteiger partial charge in [-0.2, -0.15) is 4.98 Å². The Kier molecular flexibility index (Phi) is 7.07. The second kappa shape index (κ2) is 10.2. The van der Waals surface area contributed by atoms with Crippen LogP contribution in [-0.4, -0.2) is 74.6 Å². The van der Waals surface area contributed by atoms with E-state index in [9.17, 15) is 14.7 Å². The van der Waals surface area contributed by atoms with Gasteiger partial charge in [0.15, 0.2) is 11.2 Å². The molecule has 0 amide bonds. The zero-order valence-corrected chi connectivity index (χ0v) is 18.8. The van der Waals surface area contributed by atoms with Crippen molar-refractivity contribution in [3.8, 4) is 0 Å².